The summed E-state index contributed by atoms with van der Waals surface area (Å²) in [6, 6.07) is 3.85. The Labute approximate surface area is 107 Å². The fraction of sp³-hybridized carbons (Fsp3) is 0.600. The van der Waals surface area contributed by atoms with E-state index in [1.165, 1.54) is 38.2 Å². The Kier molecular flexibility index (Phi) is 4.70. The standard InChI is InChI=1S/C15H21F2N/c16-13-8-4-7-12(15(13)17)14(18)10-9-11-5-2-1-3-6-11/h4,7-8,11,14H,1-3,5-6,9-10,18H2. The van der Waals surface area contributed by atoms with Gasteiger partial charge in [-0.15, -0.1) is 0 Å². The second-order valence-electron chi connectivity index (χ2n) is 5.33. The highest BCUT2D eigenvalue weighted by Crippen LogP contribution is 2.30. The molecular weight excluding hydrogens is 232 g/mol. The molecule has 0 radical (unpaired) electrons. The van der Waals surface area contributed by atoms with Gasteiger partial charge < -0.3 is 5.73 Å². The molecule has 1 atom stereocenters. The van der Waals surface area contributed by atoms with E-state index in [1.54, 1.807) is 6.07 Å². The average Bonchev–Trinajstić information content (AvgIpc) is 2.40. The van der Waals surface area contributed by atoms with Crippen LogP contribution in [0.2, 0.25) is 0 Å². The van der Waals surface area contributed by atoms with E-state index in [0.717, 1.165) is 24.8 Å². The average molecular weight is 253 g/mol. The summed E-state index contributed by atoms with van der Waals surface area (Å²) in [6.45, 7) is 0. The monoisotopic (exact) mass is 253 g/mol. The third-order valence-electron chi connectivity index (χ3n) is 3.99. The zero-order chi connectivity index (χ0) is 13.0. The van der Waals surface area contributed by atoms with E-state index < -0.39 is 11.6 Å². The van der Waals surface area contributed by atoms with Crippen LogP contribution in [0.25, 0.3) is 0 Å². The summed E-state index contributed by atoms with van der Waals surface area (Å²) in [4.78, 5) is 0. The minimum Gasteiger partial charge on any atom is -0.324 e. The number of benzene rings is 1. The summed E-state index contributed by atoms with van der Waals surface area (Å²) >= 11 is 0. The molecular formula is C15H21F2N. The summed E-state index contributed by atoms with van der Waals surface area (Å²) < 4.78 is 26.7. The van der Waals surface area contributed by atoms with Gasteiger partial charge in [0.1, 0.15) is 0 Å². The van der Waals surface area contributed by atoms with Crippen molar-refractivity contribution in [3.8, 4) is 0 Å². The lowest BCUT2D eigenvalue weighted by Crippen LogP contribution is -2.15. The highest BCUT2D eigenvalue weighted by Gasteiger charge is 2.18. The van der Waals surface area contributed by atoms with Crippen LogP contribution in [-0.4, -0.2) is 0 Å². The molecule has 0 heterocycles. The van der Waals surface area contributed by atoms with Gasteiger partial charge in [0.15, 0.2) is 11.6 Å². The van der Waals surface area contributed by atoms with Gasteiger partial charge in [-0.25, -0.2) is 8.78 Å². The molecule has 0 bridgehead atoms. The van der Waals surface area contributed by atoms with Crippen molar-refractivity contribution in [3.63, 3.8) is 0 Å². The molecule has 1 aliphatic rings. The maximum atomic E-state index is 13.6. The Balaban J connectivity index is 1.90. The molecule has 3 heteroatoms. The highest BCUT2D eigenvalue weighted by molar-refractivity contribution is 5.22. The lowest BCUT2D eigenvalue weighted by atomic mass is 9.84. The van der Waals surface area contributed by atoms with Gasteiger partial charge in [0.25, 0.3) is 0 Å². The smallest absolute Gasteiger partial charge is 0.163 e. The van der Waals surface area contributed by atoms with Gasteiger partial charge in [-0.3, -0.25) is 0 Å². The molecule has 0 spiro atoms. The van der Waals surface area contributed by atoms with Crippen molar-refractivity contribution in [2.75, 3.05) is 0 Å². The van der Waals surface area contributed by atoms with E-state index in [2.05, 4.69) is 0 Å². The molecule has 0 aromatic heterocycles. The van der Waals surface area contributed by atoms with Crippen LogP contribution in [0.15, 0.2) is 18.2 Å². The largest absolute Gasteiger partial charge is 0.324 e. The molecule has 1 aliphatic carbocycles. The second-order valence-corrected chi connectivity index (χ2v) is 5.33. The Morgan fingerprint density at radius 1 is 1.17 bits per heavy atom. The number of rotatable bonds is 4. The van der Waals surface area contributed by atoms with Gasteiger partial charge in [0.05, 0.1) is 0 Å². The van der Waals surface area contributed by atoms with Crippen LogP contribution in [0.1, 0.15) is 56.6 Å². The number of hydrogen-bond acceptors (Lipinski definition) is 1. The number of halogens is 2. The Morgan fingerprint density at radius 2 is 1.89 bits per heavy atom. The van der Waals surface area contributed by atoms with Crippen LogP contribution in [0.4, 0.5) is 8.78 Å². The van der Waals surface area contributed by atoms with Crippen LogP contribution in [0.3, 0.4) is 0 Å². The predicted molar refractivity (Wildman–Crippen MR) is 69.1 cm³/mol. The van der Waals surface area contributed by atoms with Crippen LogP contribution in [-0.2, 0) is 0 Å². The molecule has 0 saturated heterocycles. The molecule has 2 N–H and O–H groups in total. The maximum absolute atomic E-state index is 13.6. The van der Waals surface area contributed by atoms with E-state index in [9.17, 15) is 8.78 Å². The molecule has 1 fully saturated rings. The summed E-state index contributed by atoms with van der Waals surface area (Å²) in [7, 11) is 0. The van der Waals surface area contributed by atoms with Gasteiger partial charge >= 0.3 is 0 Å². The molecule has 2 rings (SSSR count). The minimum absolute atomic E-state index is 0.311. The van der Waals surface area contributed by atoms with Crippen LogP contribution in [0.5, 0.6) is 0 Å². The molecule has 18 heavy (non-hydrogen) atoms. The van der Waals surface area contributed by atoms with Crippen molar-refractivity contribution >= 4 is 0 Å². The van der Waals surface area contributed by atoms with Gasteiger partial charge in [-0.1, -0.05) is 44.2 Å². The zero-order valence-electron chi connectivity index (χ0n) is 10.7. The Morgan fingerprint density at radius 3 is 2.61 bits per heavy atom. The summed E-state index contributed by atoms with van der Waals surface area (Å²) in [6.07, 6.45) is 8.22. The molecule has 0 aliphatic heterocycles. The molecule has 1 nitrogen and oxygen atoms in total. The van der Waals surface area contributed by atoms with Crippen molar-refractivity contribution in [1.29, 1.82) is 0 Å². The summed E-state index contributed by atoms with van der Waals surface area (Å²) in [5.74, 6) is -0.865. The van der Waals surface area contributed by atoms with Crippen LogP contribution >= 0.6 is 0 Å². The molecule has 1 saturated carbocycles. The van der Waals surface area contributed by atoms with Crippen LogP contribution < -0.4 is 5.73 Å². The number of hydrogen-bond donors (Lipinski definition) is 1. The minimum atomic E-state index is -0.805. The van der Waals surface area contributed by atoms with Crippen molar-refractivity contribution in [2.45, 2.75) is 51.0 Å². The maximum Gasteiger partial charge on any atom is 0.163 e. The summed E-state index contributed by atoms with van der Waals surface area (Å²) in [5.41, 5.74) is 6.29. The van der Waals surface area contributed by atoms with Gasteiger partial charge in [0.2, 0.25) is 0 Å². The first-order valence-corrected chi connectivity index (χ1v) is 6.88. The Bertz CT molecular complexity index is 386. The lowest BCUT2D eigenvalue weighted by molar-refractivity contribution is 0.322. The molecule has 0 amide bonds. The van der Waals surface area contributed by atoms with E-state index in [-0.39, 0.29) is 6.04 Å². The molecule has 1 aromatic carbocycles. The van der Waals surface area contributed by atoms with E-state index >= 15 is 0 Å². The SMILES string of the molecule is NC(CCC1CCCCC1)c1cccc(F)c1F. The first kappa shape index (κ1) is 13.5. The third-order valence-corrected chi connectivity index (χ3v) is 3.99. The van der Waals surface area contributed by atoms with E-state index in [0.29, 0.717) is 5.56 Å². The van der Waals surface area contributed by atoms with E-state index in [4.69, 9.17) is 5.73 Å². The van der Waals surface area contributed by atoms with Crippen LogP contribution in [0, 0.1) is 17.6 Å². The molecule has 100 valence electrons. The topological polar surface area (TPSA) is 26.0 Å². The third kappa shape index (κ3) is 3.29. The van der Waals surface area contributed by atoms with Crippen molar-refractivity contribution in [2.24, 2.45) is 11.7 Å². The number of nitrogens with two attached hydrogens (primary N) is 1. The van der Waals surface area contributed by atoms with Crippen molar-refractivity contribution < 1.29 is 8.78 Å². The van der Waals surface area contributed by atoms with Gasteiger partial charge in [-0.2, -0.15) is 0 Å². The normalized spacial score (nSPS) is 18.8. The zero-order valence-corrected chi connectivity index (χ0v) is 10.7. The van der Waals surface area contributed by atoms with Gasteiger partial charge in [0, 0.05) is 11.6 Å². The quantitative estimate of drug-likeness (QED) is 0.849. The second kappa shape index (κ2) is 6.28. The molecule has 1 unspecified atom stereocenters. The highest BCUT2D eigenvalue weighted by atomic mass is 19.2. The fourth-order valence-corrected chi connectivity index (χ4v) is 2.85. The fourth-order valence-electron chi connectivity index (χ4n) is 2.85. The summed E-state index contributed by atoms with van der Waals surface area (Å²) in [5, 5.41) is 0. The van der Waals surface area contributed by atoms with E-state index in [1.807, 2.05) is 0 Å². The van der Waals surface area contributed by atoms with Gasteiger partial charge in [-0.05, 0) is 24.8 Å². The van der Waals surface area contributed by atoms with Crippen molar-refractivity contribution in [3.05, 3.63) is 35.4 Å². The Hall–Kier alpha value is -0.960. The first-order valence-electron chi connectivity index (χ1n) is 6.88. The predicted octanol–water partition coefficient (Wildman–Crippen LogP) is 4.33. The molecule has 1 aromatic rings. The van der Waals surface area contributed by atoms with Crippen molar-refractivity contribution in [1.82, 2.24) is 0 Å². The lowest BCUT2D eigenvalue weighted by Gasteiger charge is -2.23. The first-order chi connectivity index (χ1) is 8.68.